The first-order valence-electron chi connectivity index (χ1n) is 4.46. The molecule has 0 amide bonds. The molecular weight excluding hydrogens is 317 g/mol. The molecule has 1 N–H and O–H groups in total. The molecule has 3 nitrogen and oxygen atoms in total. The Bertz CT molecular complexity index is 367. The molecule has 0 radical (unpaired) electrons. The molecule has 1 aromatic carbocycles. The fourth-order valence-corrected chi connectivity index (χ4v) is 1.95. The summed E-state index contributed by atoms with van der Waals surface area (Å²) in [7, 11) is 1.33. The molecule has 88 valence electrons. The van der Waals surface area contributed by atoms with Gasteiger partial charge in [-0.3, -0.25) is 4.79 Å². The lowest BCUT2D eigenvalue weighted by molar-refractivity contribution is -0.139. The van der Waals surface area contributed by atoms with Gasteiger partial charge < -0.3 is 10.1 Å². The number of benzene rings is 1. The number of rotatable bonds is 4. The Balaban J connectivity index is 2.64. The molecule has 1 atom stereocenters. The molecule has 1 aromatic rings. The minimum atomic E-state index is -0.440. The minimum absolute atomic E-state index is 0.343. The normalized spacial score (nSPS) is 12.0. The van der Waals surface area contributed by atoms with E-state index in [1.807, 2.05) is 0 Å². The molecule has 0 aliphatic carbocycles. The highest BCUT2D eigenvalue weighted by Crippen LogP contribution is 2.29. The molecule has 1 rings (SSSR count). The Morgan fingerprint density at radius 2 is 2.06 bits per heavy atom. The van der Waals surface area contributed by atoms with Gasteiger partial charge >= 0.3 is 5.97 Å². The van der Waals surface area contributed by atoms with Crippen LogP contribution in [-0.2, 0) is 9.53 Å². The van der Waals surface area contributed by atoms with E-state index in [9.17, 15) is 4.79 Å². The number of methoxy groups -OCH3 is 1. The molecule has 0 aliphatic heterocycles. The first-order valence-corrected chi connectivity index (χ1v) is 6.13. The Kier molecular flexibility index (Phi) is 5.38. The number of anilines is 1. The van der Waals surface area contributed by atoms with E-state index in [1.54, 1.807) is 18.2 Å². The summed E-state index contributed by atoms with van der Waals surface area (Å²) in [5, 5.41) is 4.01. The van der Waals surface area contributed by atoms with Crippen molar-refractivity contribution in [3.63, 3.8) is 0 Å². The molecule has 6 heteroatoms. The number of ether oxygens (including phenoxy) is 1. The third-order valence-corrected chi connectivity index (χ3v) is 3.21. The van der Waals surface area contributed by atoms with Crippen LogP contribution in [0, 0.1) is 0 Å². The lowest BCUT2D eigenvalue weighted by Crippen LogP contribution is -2.24. The minimum Gasteiger partial charge on any atom is -0.468 e. The van der Waals surface area contributed by atoms with Gasteiger partial charge in [0.1, 0.15) is 4.83 Å². The van der Waals surface area contributed by atoms with Crippen LogP contribution in [0.25, 0.3) is 0 Å². The van der Waals surface area contributed by atoms with E-state index >= 15 is 0 Å². The maximum Gasteiger partial charge on any atom is 0.321 e. The van der Waals surface area contributed by atoms with Crippen molar-refractivity contribution in [2.45, 2.75) is 4.83 Å². The zero-order valence-corrected chi connectivity index (χ0v) is 11.6. The zero-order valence-electron chi connectivity index (χ0n) is 8.47. The standard InChI is InChI=1S/C10H10BrCl2NO2/c1-16-10(15)6(11)5-14-9-7(12)3-2-4-8(9)13/h2-4,6,14H,5H2,1H3. The van der Waals surface area contributed by atoms with Crippen LogP contribution in [0.4, 0.5) is 5.69 Å². The van der Waals surface area contributed by atoms with Crippen LogP contribution in [0.5, 0.6) is 0 Å². The predicted octanol–water partition coefficient (Wildman–Crippen LogP) is 3.34. The monoisotopic (exact) mass is 325 g/mol. The summed E-state index contributed by atoms with van der Waals surface area (Å²) in [6.45, 7) is 0.343. The molecule has 0 saturated heterocycles. The second-order valence-electron chi connectivity index (χ2n) is 2.97. The van der Waals surface area contributed by atoms with E-state index in [0.717, 1.165) is 0 Å². The second kappa shape index (κ2) is 6.33. The van der Waals surface area contributed by atoms with Crippen molar-refractivity contribution in [3.05, 3.63) is 28.2 Å². The average Bonchev–Trinajstić information content (AvgIpc) is 2.27. The van der Waals surface area contributed by atoms with E-state index < -0.39 is 4.83 Å². The number of nitrogens with one attached hydrogen (secondary N) is 1. The molecule has 0 aliphatic rings. The average molecular weight is 327 g/mol. The molecule has 0 spiro atoms. The van der Waals surface area contributed by atoms with Crippen LogP contribution < -0.4 is 5.32 Å². The van der Waals surface area contributed by atoms with Gasteiger partial charge in [0.15, 0.2) is 0 Å². The molecule has 1 unspecified atom stereocenters. The highest BCUT2D eigenvalue weighted by Gasteiger charge is 2.15. The number of esters is 1. The second-order valence-corrected chi connectivity index (χ2v) is 4.89. The van der Waals surface area contributed by atoms with Gasteiger partial charge in [0.05, 0.1) is 22.8 Å². The van der Waals surface area contributed by atoms with Crippen molar-refractivity contribution in [2.24, 2.45) is 0 Å². The van der Waals surface area contributed by atoms with Gasteiger partial charge in [0.2, 0.25) is 0 Å². The van der Waals surface area contributed by atoms with Gasteiger partial charge in [-0.05, 0) is 12.1 Å². The summed E-state index contributed by atoms with van der Waals surface area (Å²) < 4.78 is 4.57. The molecule has 0 fully saturated rings. The fourth-order valence-electron chi connectivity index (χ4n) is 1.07. The summed E-state index contributed by atoms with van der Waals surface area (Å²) in [5.41, 5.74) is 0.610. The molecule has 16 heavy (non-hydrogen) atoms. The van der Waals surface area contributed by atoms with Crippen LogP contribution in [-0.4, -0.2) is 24.5 Å². The molecular formula is C10H10BrCl2NO2. The number of halogens is 3. The number of carbonyl (C=O) groups excluding carboxylic acids is 1. The van der Waals surface area contributed by atoms with Crippen LogP contribution in [0.3, 0.4) is 0 Å². The van der Waals surface area contributed by atoms with Crippen LogP contribution in [0.2, 0.25) is 10.0 Å². The highest BCUT2D eigenvalue weighted by molar-refractivity contribution is 9.10. The summed E-state index contributed by atoms with van der Waals surface area (Å²) >= 11 is 15.1. The SMILES string of the molecule is COC(=O)C(Br)CNc1c(Cl)cccc1Cl. The quantitative estimate of drug-likeness (QED) is 0.681. The summed E-state index contributed by atoms with van der Waals surface area (Å²) in [5.74, 6) is -0.351. The maximum atomic E-state index is 11.1. The van der Waals surface area contributed by atoms with Crippen molar-refractivity contribution < 1.29 is 9.53 Å². The van der Waals surface area contributed by atoms with Gasteiger partial charge in [-0.2, -0.15) is 0 Å². The highest BCUT2D eigenvalue weighted by atomic mass is 79.9. The van der Waals surface area contributed by atoms with Crippen molar-refractivity contribution in [2.75, 3.05) is 19.0 Å². The van der Waals surface area contributed by atoms with Gasteiger partial charge in [0.25, 0.3) is 0 Å². The third kappa shape index (κ3) is 3.54. The first-order chi connectivity index (χ1) is 7.56. The lowest BCUT2D eigenvalue weighted by atomic mass is 10.3. The Morgan fingerprint density at radius 3 is 2.56 bits per heavy atom. The lowest BCUT2D eigenvalue weighted by Gasteiger charge is -2.12. The third-order valence-electron chi connectivity index (χ3n) is 1.88. The smallest absolute Gasteiger partial charge is 0.321 e. The summed E-state index contributed by atoms with van der Waals surface area (Å²) in [4.78, 5) is 10.7. The van der Waals surface area contributed by atoms with E-state index in [4.69, 9.17) is 23.2 Å². The van der Waals surface area contributed by atoms with E-state index in [0.29, 0.717) is 22.3 Å². The van der Waals surface area contributed by atoms with E-state index in [-0.39, 0.29) is 5.97 Å². The molecule has 0 heterocycles. The van der Waals surface area contributed by atoms with Gasteiger partial charge in [0, 0.05) is 6.54 Å². The Hall–Kier alpha value is -0.450. The number of hydrogen-bond acceptors (Lipinski definition) is 3. The van der Waals surface area contributed by atoms with Crippen molar-refractivity contribution in [1.29, 1.82) is 0 Å². The number of para-hydroxylation sites is 1. The summed E-state index contributed by atoms with van der Waals surface area (Å²) in [6.07, 6.45) is 0. The van der Waals surface area contributed by atoms with Crippen LogP contribution >= 0.6 is 39.1 Å². The van der Waals surface area contributed by atoms with Gasteiger partial charge in [-0.1, -0.05) is 45.2 Å². The number of carbonyl (C=O) groups is 1. The molecule has 0 bridgehead atoms. The van der Waals surface area contributed by atoms with E-state index in [1.165, 1.54) is 7.11 Å². The predicted molar refractivity (Wildman–Crippen MR) is 69.7 cm³/mol. The van der Waals surface area contributed by atoms with Crippen LogP contribution in [0.1, 0.15) is 0 Å². The Labute approximate surface area is 112 Å². The van der Waals surface area contributed by atoms with Crippen LogP contribution in [0.15, 0.2) is 18.2 Å². The first kappa shape index (κ1) is 13.6. The topological polar surface area (TPSA) is 38.3 Å². The van der Waals surface area contributed by atoms with Crippen molar-refractivity contribution >= 4 is 50.8 Å². The van der Waals surface area contributed by atoms with Gasteiger partial charge in [-0.25, -0.2) is 0 Å². The fraction of sp³-hybridized carbons (Fsp3) is 0.300. The van der Waals surface area contributed by atoms with Crippen molar-refractivity contribution in [1.82, 2.24) is 0 Å². The summed E-state index contributed by atoms with van der Waals surface area (Å²) in [6, 6.07) is 5.19. The largest absolute Gasteiger partial charge is 0.468 e. The maximum absolute atomic E-state index is 11.1. The van der Waals surface area contributed by atoms with Crippen molar-refractivity contribution in [3.8, 4) is 0 Å². The van der Waals surface area contributed by atoms with Gasteiger partial charge in [-0.15, -0.1) is 0 Å². The number of alkyl halides is 1. The number of hydrogen-bond donors (Lipinski definition) is 1. The molecule has 0 aromatic heterocycles. The Morgan fingerprint density at radius 1 is 1.50 bits per heavy atom. The van der Waals surface area contributed by atoms with E-state index in [2.05, 4.69) is 26.0 Å². The zero-order chi connectivity index (χ0) is 12.1. The molecule has 0 saturated carbocycles.